The molecular weight excluding hydrogens is 214 g/mol. The number of anilines is 1. The van der Waals surface area contributed by atoms with Gasteiger partial charge >= 0.3 is 10.2 Å². The second kappa shape index (κ2) is 4.29. The van der Waals surface area contributed by atoms with Gasteiger partial charge in [-0.25, -0.2) is 4.72 Å². The van der Waals surface area contributed by atoms with Gasteiger partial charge in [0.15, 0.2) is 0 Å². The van der Waals surface area contributed by atoms with Crippen LogP contribution in [0.4, 0.5) is 5.69 Å². The fraction of sp³-hybridized carbons (Fsp3) is 0.222. The summed E-state index contributed by atoms with van der Waals surface area (Å²) in [6.45, 7) is 0. The molecule has 0 unspecified atom stereocenters. The Bertz CT molecular complexity index is 473. The van der Waals surface area contributed by atoms with E-state index in [2.05, 4.69) is 4.72 Å². The number of nitrogens with zero attached hydrogens (tertiary/aromatic N) is 2. The average molecular weight is 225 g/mol. The first-order valence-corrected chi connectivity index (χ1v) is 5.63. The standard InChI is InChI=1S/C9H11N3O2S/c1-11-15(13,14)12(2)9-5-3-8(7-10)4-6-9/h3-6,11H,1-2H3. The number of rotatable bonds is 3. The lowest BCUT2D eigenvalue weighted by molar-refractivity contribution is 0.586. The van der Waals surface area contributed by atoms with Gasteiger partial charge in [0.2, 0.25) is 0 Å². The average Bonchev–Trinajstić information content (AvgIpc) is 2.28. The fourth-order valence-electron chi connectivity index (χ4n) is 1.02. The molecule has 0 aliphatic heterocycles. The van der Waals surface area contributed by atoms with Crippen molar-refractivity contribution in [3.05, 3.63) is 29.8 Å². The predicted octanol–water partition coefficient (Wildman–Crippen LogP) is 0.459. The largest absolute Gasteiger partial charge is 0.301 e. The maximum Gasteiger partial charge on any atom is 0.301 e. The maximum absolute atomic E-state index is 11.4. The van der Waals surface area contributed by atoms with E-state index in [9.17, 15) is 8.42 Å². The second-order valence-electron chi connectivity index (χ2n) is 2.84. The third kappa shape index (κ3) is 2.46. The van der Waals surface area contributed by atoms with Gasteiger partial charge in [-0.1, -0.05) is 0 Å². The molecule has 0 spiro atoms. The molecule has 0 aliphatic rings. The number of benzene rings is 1. The summed E-state index contributed by atoms with van der Waals surface area (Å²) in [5, 5.41) is 8.58. The zero-order chi connectivity index (χ0) is 11.5. The summed E-state index contributed by atoms with van der Waals surface area (Å²) in [7, 11) is -0.690. The summed E-state index contributed by atoms with van der Waals surface area (Å²) in [6, 6.07) is 8.25. The van der Waals surface area contributed by atoms with Crippen LogP contribution >= 0.6 is 0 Å². The van der Waals surface area contributed by atoms with Gasteiger partial charge in [-0.3, -0.25) is 4.31 Å². The molecule has 0 saturated carbocycles. The van der Waals surface area contributed by atoms with Crippen LogP contribution in [0.15, 0.2) is 24.3 Å². The van der Waals surface area contributed by atoms with Crippen molar-refractivity contribution in [1.82, 2.24) is 4.72 Å². The van der Waals surface area contributed by atoms with Crippen LogP contribution in [-0.4, -0.2) is 22.5 Å². The van der Waals surface area contributed by atoms with Gasteiger partial charge in [0.25, 0.3) is 0 Å². The zero-order valence-corrected chi connectivity index (χ0v) is 9.25. The fourth-order valence-corrected chi connectivity index (χ4v) is 1.69. The van der Waals surface area contributed by atoms with Gasteiger partial charge in [0, 0.05) is 14.1 Å². The van der Waals surface area contributed by atoms with E-state index >= 15 is 0 Å². The molecular formula is C9H11N3O2S. The highest BCUT2D eigenvalue weighted by atomic mass is 32.2. The van der Waals surface area contributed by atoms with E-state index in [1.807, 2.05) is 6.07 Å². The Morgan fingerprint density at radius 3 is 2.27 bits per heavy atom. The Hall–Kier alpha value is -1.58. The van der Waals surface area contributed by atoms with Gasteiger partial charge in [-0.15, -0.1) is 0 Å². The Morgan fingerprint density at radius 2 is 1.87 bits per heavy atom. The normalized spacial score (nSPS) is 10.7. The third-order valence-corrected chi connectivity index (χ3v) is 3.43. The molecule has 0 amide bonds. The zero-order valence-electron chi connectivity index (χ0n) is 8.43. The second-order valence-corrected chi connectivity index (χ2v) is 4.74. The lowest BCUT2D eigenvalue weighted by Gasteiger charge is -2.18. The quantitative estimate of drug-likeness (QED) is 0.812. The molecule has 80 valence electrons. The minimum atomic E-state index is -3.47. The van der Waals surface area contributed by atoms with Crippen LogP contribution in [0.3, 0.4) is 0 Å². The molecule has 0 aliphatic carbocycles. The number of nitriles is 1. The van der Waals surface area contributed by atoms with Crippen molar-refractivity contribution < 1.29 is 8.42 Å². The highest BCUT2D eigenvalue weighted by molar-refractivity contribution is 7.90. The van der Waals surface area contributed by atoms with Crippen LogP contribution in [0.2, 0.25) is 0 Å². The molecule has 0 saturated heterocycles. The Labute approximate surface area is 89.1 Å². The van der Waals surface area contributed by atoms with Crippen molar-refractivity contribution in [3.63, 3.8) is 0 Å². The van der Waals surface area contributed by atoms with Crippen LogP contribution in [-0.2, 0) is 10.2 Å². The molecule has 6 heteroatoms. The molecule has 0 bridgehead atoms. The van der Waals surface area contributed by atoms with Crippen molar-refractivity contribution in [3.8, 4) is 6.07 Å². The van der Waals surface area contributed by atoms with Crippen molar-refractivity contribution in [2.75, 3.05) is 18.4 Å². The minimum Gasteiger partial charge on any atom is -0.261 e. The van der Waals surface area contributed by atoms with Crippen LogP contribution in [0.25, 0.3) is 0 Å². The molecule has 0 fully saturated rings. The highest BCUT2D eigenvalue weighted by Gasteiger charge is 2.14. The monoisotopic (exact) mass is 225 g/mol. The number of nitrogens with one attached hydrogen (secondary N) is 1. The molecule has 0 aromatic heterocycles. The Balaban J connectivity index is 3.04. The van der Waals surface area contributed by atoms with E-state index in [1.165, 1.54) is 14.1 Å². The SMILES string of the molecule is CNS(=O)(=O)N(C)c1ccc(C#N)cc1. The van der Waals surface area contributed by atoms with E-state index in [1.54, 1.807) is 24.3 Å². The summed E-state index contributed by atoms with van der Waals surface area (Å²) in [5.74, 6) is 0. The molecule has 1 aromatic rings. The molecule has 1 rings (SSSR count). The third-order valence-electron chi connectivity index (χ3n) is 1.98. The Kier molecular flexibility index (Phi) is 3.29. The van der Waals surface area contributed by atoms with Gasteiger partial charge in [0.1, 0.15) is 0 Å². The van der Waals surface area contributed by atoms with E-state index in [0.717, 1.165) is 4.31 Å². The lowest BCUT2D eigenvalue weighted by atomic mass is 10.2. The molecule has 0 radical (unpaired) electrons. The van der Waals surface area contributed by atoms with Crippen LogP contribution in [0.5, 0.6) is 0 Å². The topological polar surface area (TPSA) is 73.2 Å². The first kappa shape index (κ1) is 11.5. The van der Waals surface area contributed by atoms with Gasteiger partial charge in [-0.05, 0) is 24.3 Å². The van der Waals surface area contributed by atoms with Crippen molar-refractivity contribution in [2.24, 2.45) is 0 Å². The van der Waals surface area contributed by atoms with E-state index in [-0.39, 0.29) is 0 Å². The van der Waals surface area contributed by atoms with Crippen LogP contribution < -0.4 is 9.03 Å². The predicted molar refractivity (Wildman–Crippen MR) is 57.5 cm³/mol. The highest BCUT2D eigenvalue weighted by Crippen LogP contribution is 2.15. The summed E-state index contributed by atoms with van der Waals surface area (Å²) < 4.78 is 26.1. The summed E-state index contributed by atoms with van der Waals surface area (Å²) >= 11 is 0. The first-order chi connectivity index (χ1) is 7.01. The van der Waals surface area contributed by atoms with Crippen LogP contribution in [0.1, 0.15) is 5.56 Å². The Morgan fingerprint density at radius 1 is 1.33 bits per heavy atom. The van der Waals surface area contributed by atoms with E-state index in [4.69, 9.17) is 5.26 Å². The van der Waals surface area contributed by atoms with Gasteiger partial charge < -0.3 is 0 Å². The molecule has 5 nitrogen and oxygen atoms in total. The van der Waals surface area contributed by atoms with E-state index < -0.39 is 10.2 Å². The number of hydrogen-bond acceptors (Lipinski definition) is 3. The van der Waals surface area contributed by atoms with Crippen molar-refractivity contribution in [2.45, 2.75) is 0 Å². The smallest absolute Gasteiger partial charge is 0.261 e. The van der Waals surface area contributed by atoms with E-state index in [0.29, 0.717) is 11.3 Å². The summed E-state index contributed by atoms with van der Waals surface area (Å²) in [6.07, 6.45) is 0. The van der Waals surface area contributed by atoms with Crippen LogP contribution in [0, 0.1) is 11.3 Å². The lowest BCUT2D eigenvalue weighted by Crippen LogP contribution is -2.35. The minimum absolute atomic E-state index is 0.494. The molecule has 0 heterocycles. The molecule has 1 aromatic carbocycles. The maximum atomic E-state index is 11.4. The van der Waals surface area contributed by atoms with Crippen molar-refractivity contribution in [1.29, 1.82) is 5.26 Å². The molecule has 0 atom stereocenters. The molecule has 15 heavy (non-hydrogen) atoms. The van der Waals surface area contributed by atoms with Crippen molar-refractivity contribution >= 4 is 15.9 Å². The summed E-state index contributed by atoms with van der Waals surface area (Å²) in [5.41, 5.74) is 0.998. The van der Waals surface area contributed by atoms with Gasteiger partial charge in [0.05, 0.1) is 17.3 Å². The van der Waals surface area contributed by atoms with Gasteiger partial charge in [-0.2, -0.15) is 13.7 Å². The first-order valence-electron chi connectivity index (χ1n) is 4.19. The molecule has 1 N–H and O–H groups in total. The summed E-state index contributed by atoms with van der Waals surface area (Å²) in [4.78, 5) is 0. The number of hydrogen-bond donors (Lipinski definition) is 1.